The summed E-state index contributed by atoms with van der Waals surface area (Å²) in [5.74, 6) is 0.0515. The van der Waals surface area contributed by atoms with Gasteiger partial charge in [-0.15, -0.1) is 0 Å². The van der Waals surface area contributed by atoms with Crippen molar-refractivity contribution < 1.29 is 66.7 Å². The van der Waals surface area contributed by atoms with Gasteiger partial charge in [-0.3, -0.25) is 13.7 Å². The lowest BCUT2D eigenvalue weighted by Crippen LogP contribution is -2.46. The Labute approximate surface area is 252 Å². The van der Waals surface area contributed by atoms with E-state index in [1.54, 1.807) is 12.1 Å². The normalized spacial score (nSPS) is 31.6. The van der Waals surface area contributed by atoms with E-state index in [0.29, 0.717) is 5.56 Å². The average molecular weight is 679 g/mol. The summed E-state index contributed by atoms with van der Waals surface area (Å²) in [5, 5.41) is 41.7. The van der Waals surface area contributed by atoms with Gasteiger partial charge >= 0.3 is 7.82 Å². The van der Waals surface area contributed by atoms with Gasteiger partial charge in [-0.2, -0.15) is 4.57 Å². The molecule has 0 saturated carbocycles. The number of nitrogens with two attached hydrogens (primary N) is 2. The SMILES string of the molecule is NC(=S)c1ccc[n+]([C@H]2O[C@@H](COP(=O)([O-])OP(=O)(O)OC[C@H]3O[C@H](n4cnc5c(N)ncnc54)[C@@H](O)[C@H]3O)[C@@H](O)[C@H]2O)c1. The van der Waals surface area contributed by atoms with Gasteiger partial charge < -0.3 is 55.7 Å². The fourth-order valence-corrected chi connectivity index (χ4v) is 6.74. The van der Waals surface area contributed by atoms with Crippen molar-refractivity contribution >= 4 is 49.8 Å². The molecule has 5 heterocycles. The molecular weight excluding hydrogens is 652 g/mol. The van der Waals surface area contributed by atoms with Gasteiger partial charge in [0, 0.05) is 6.07 Å². The molecule has 0 aliphatic carbocycles. The third-order valence-electron chi connectivity index (χ3n) is 6.74. The van der Waals surface area contributed by atoms with Crippen LogP contribution in [0.3, 0.4) is 0 Å². The molecule has 2 saturated heterocycles. The highest BCUT2D eigenvalue weighted by atomic mass is 32.1. The monoisotopic (exact) mass is 679 g/mol. The molecule has 2 aliphatic rings. The summed E-state index contributed by atoms with van der Waals surface area (Å²) < 4.78 is 51.9. The van der Waals surface area contributed by atoms with Gasteiger partial charge in [0.05, 0.1) is 25.1 Å². The molecule has 2 unspecified atom stereocenters. The fraction of sp³-hybridized carbons (Fsp3) is 0.476. The van der Waals surface area contributed by atoms with Gasteiger partial charge in [0.2, 0.25) is 0 Å². The van der Waals surface area contributed by atoms with E-state index in [4.69, 9.17) is 33.2 Å². The lowest BCUT2D eigenvalue weighted by atomic mass is 10.1. The number of thiocarbonyl (C=S) groups is 1. The van der Waals surface area contributed by atoms with Crippen LogP contribution in [0.2, 0.25) is 0 Å². The first-order valence-corrected chi connectivity index (χ1v) is 15.9. The van der Waals surface area contributed by atoms with E-state index in [1.807, 2.05) is 0 Å². The molecular formula is C21H27N7O13P2S. The topological polar surface area (TPSA) is 304 Å². The summed E-state index contributed by atoms with van der Waals surface area (Å²) >= 11 is 4.92. The van der Waals surface area contributed by atoms with Crippen LogP contribution in [-0.2, 0) is 32.0 Å². The maximum absolute atomic E-state index is 12.4. The smallest absolute Gasteiger partial charge is 0.478 e. The van der Waals surface area contributed by atoms with Crippen molar-refractivity contribution in [2.45, 2.75) is 49.1 Å². The van der Waals surface area contributed by atoms with Crippen LogP contribution in [0.5, 0.6) is 0 Å². The molecule has 10 atom stereocenters. The first-order valence-electron chi connectivity index (χ1n) is 12.6. The predicted molar refractivity (Wildman–Crippen MR) is 145 cm³/mol. The van der Waals surface area contributed by atoms with Crippen LogP contribution in [0.25, 0.3) is 11.2 Å². The zero-order valence-corrected chi connectivity index (χ0v) is 24.8. The molecule has 0 bridgehead atoms. The highest BCUT2D eigenvalue weighted by Gasteiger charge is 2.49. The van der Waals surface area contributed by atoms with Crippen molar-refractivity contribution in [1.29, 1.82) is 0 Å². The predicted octanol–water partition coefficient (Wildman–Crippen LogP) is -3.11. The lowest BCUT2D eigenvalue weighted by Gasteiger charge is -2.26. The van der Waals surface area contributed by atoms with Crippen molar-refractivity contribution in [3.05, 3.63) is 42.7 Å². The second-order valence-corrected chi connectivity index (χ2v) is 13.1. The minimum atomic E-state index is -5.59. The molecule has 3 aromatic heterocycles. The number of ether oxygens (including phenoxy) is 2. The van der Waals surface area contributed by atoms with Crippen molar-refractivity contribution in [3.63, 3.8) is 0 Å². The largest absolute Gasteiger partial charge is 0.756 e. The van der Waals surface area contributed by atoms with Crippen LogP contribution < -0.4 is 20.9 Å². The lowest BCUT2D eigenvalue weighted by molar-refractivity contribution is -0.765. The van der Waals surface area contributed by atoms with E-state index >= 15 is 0 Å². The van der Waals surface area contributed by atoms with Crippen LogP contribution in [0.4, 0.5) is 5.82 Å². The summed E-state index contributed by atoms with van der Waals surface area (Å²) in [6.07, 6.45) is -6.43. The number of fused-ring (bicyclic) bond motifs is 1. The number of aromatic nitrogens is 5. The van der Waals surface area contributed by atoms with Crippen molar-refractivity contribution in [1.82, 2.24) is 19.5 Å². The van der Waals surface area contributed by atoms with Crippen LogP contribution in [-0.4, -0.2) is 99.7 Å². The Morgan fingerprint density at radius 1 is 1.07 bits per heavy atom. The highest BCUT2D eigenvalue weighted by Crippen LogP contribution is 2.58. The summed E-state index contributed by atoms with van der Waals surface area (Å²) in [4.78, 5) is 34.2. The maximum Gasteiger partial charge on any atom is 0.478 e. The number of phosphoric acid groups is 2. The van der Waals surface area contributed by atoms with Gasteiger partial charge in [-0.25, -0.2) is 23.8 Å². The Balaban J connectivity index is 1.16. The molecule has 2 aliphatic heterocycles. The zero-order valence-electron chi connectivity index (χ0n) is 22.2. The Morgan fingerprint density at radius 2 is 1.75 bits per heavy atom. The standard InChI is InChI=1S/C21H27N7O13P2S/c22-17-12-19(25-7-24-17)28(8-26-12)21-16(32)14(30)11(40-21)6-38-43(35,36)41-42(33,34)37-5-10-13(29)15(31)20(39-10)27-3-1-2-9(4-27)18(23)44/h1-4,7-8,10-11,13-16,20-21,29-32H,5-6H2,(H5-,22,23,24,25,33,34,35,36,44)/t10-,11+,13+,14-,15+,16-,20-,21-/m0/s1. The van der Waals surface area contributed by atoms with Crippen molar-refractivity contribution in [3.8, 4) is 0 Å². The van der Waals surface area contributed by atoms with E-state index in [2.05, 4.69) is 28.3 Å². The van der Waals surface area contributed by atoms with E-state index in [0.717, 1.165) is 6.33 Å². The van der Waals surface area contributed by atoms with Crippen LogP contribution >= 0.6 is 27.9 Å². The van der Waals surface area contributed by atoms with E-state index in [9.17, 15) is 39.3 Å². The second-order valence-electron chi connectivity index (χ2n) is 9.67. The van der Waals surface area contributed by atoms with Crippen LogP contribution in [0, 0.1) is 0 Å². The molecule has 2 fully saturated rings. The Kier molecular flexibility index (Phi) is 9.44. The molecule has 0 aromatic carbocycles. The molecule has 9 N–H and O–H groups in total. The van der Waals surface area contributed by atoms with Gasteiger partial charge in [0.15, 0.2) is 36.2 Å². The van der Waals surface area contributed by atoms with E-state index < -0.39 is 77.9 Å². The second kappa shape index (κ2) is 12.7. The molecule has 23 heteroatoms. The molecule has 3 aromatic rings. The quantitative estimate of drug-likeness (QED) is 0.0599. The van der Waals surface area contributed by atoms with E-state index in [-0.39, 0.29) is 22.0 Å². The fourth-order valence-electron chi connectivity index (χ4n) is 4.57. The number of aliphatic hydroxyl groups is 4. The highest BCUT2D eigenvalue weighted by molar-refractivity contribution is 7.80. The van der Waals surface area contributed by atoms with Gasteiger partial charge in [-0.05, 0) is 6.07 Å². The zero-order chi connectivity index (χ0) is 32.0. The molecule has 20 nitrogen and oxygen atoms in total. The Hall–Kier alpha value is -2.59. The Bertz CT molecular complexity index is 1630. The van der Waals surface area contributed by atoms with Crippen LogP contribution in [0.1, 0.15) is 18.0 Å². The maximum atomic E-state index is 12.4. The molecule has 240 valence electrons. The first-order chi connectivity index (χ1) is 20.7. The third kappa shape index (κ3) is 6.81. The Morgan fingerprint density at radius 3 is 2.48 bits per heavy atom. The van der Waals surface area contributed by atoms with Crippen molar-refractivity contribution in [2.24, 2.45) is 5.73 Å². The van der Waals surface area contributed by atoms with E-state index in [1.165, 1.54) is 27.9 Å². The number of aliphatic hydroxyl groups excluding tert-OH is 4. The third-order valence-corrected chi connectivity index (χ3v) is 9.54. The number of hydrogen-bond acceptors (Lipinski definition) is 17. The van der Waals surface area contributed by atoms with Crippen LogP contribution in [0.15, 0.2) is 37.2 Å². The summed E-state index contributed by atoms with van der Waals surface area (Å²) in [6.45, 7) is -1.83. The number of rotatable bonds is 11. The number of nitrogens with zero attached hydrogens (tertiary/aromatic N) is 5. The minimum absolute atomic E-state index is 0.0515. The molecule has 0 spiro atoms. The molecule has 44 heavy (non-hydrogen) atoms. The molecule has 0 amide bonds. The molecule has 5 rings (SSSR count). The van der Waals surface area contributed by atoms with Gasteiger partial charge in [0.1, 0.15) is 47.4 Å². The average Bonchev–Trinajstić information content (AvgIpc) is 3.61. The number of imidazole rings is 1. The summed E-state index contributed by atoms with van der Waals surface area (Å²) in [7, 11) is -11.0. The number of phosphoric ester groups is 2. The number of hydrogen-bond donors (Lipinski definition) is 7. The molecule has 0 radical (unpaired) electrons. The minimum Gasteiger partial charge on any atom is -0.756 e. The number of anilines is 1. The summed E-state index contributed by atoms with van der Waals surface area (Å²) in [6, 6.07) is 3.16. The number of nitrogen functional groups attached to an aromatic ring is 1. The van der Waals surface area contributed by atoms with Crippen molar-refractivity contribution in [2.75, 3.05) is 18.9 Å². The first kappa shape index (κ1) is 32.8. The van der Waals surface area contributed by atoms with Gasteiger partial charge in [0.25, 0.3) is 14.1 Å². The van der Waals surface area contributed by atoms with Gasteiger partial charge in [-0.1, -0.05) is 12.2 Å². The number of pyridine rings is 1. The summed E-state index contributed by atoms with van der Waals surface area (Å²) in [5.41, 5.74) is 12.1.